The van der Waals surface area contributed by atoms with E-state index in [1.165, 1.54) is 0 Å². The van der Waals surface area contributed by atoms with E-state index in [0.717, 1.165) is 32.5 Å². The number of carbonyl (C=O) groups is 1. The third kappa shape index (κ3) is 3.56. The lowest BCUT2D eigenvalue weighted by atomic mass is 9.81. The van der Waals surface area contributed by atoms with Crippen molar-refractivity contribution in [1.82, 2.24) is 10.2 Å². The Morgan fingerprint density at radius 2 is 2.19 bits per heavy atom. The van der Waals surface area contributed by atoms with Gasteiger partial charge in [-0.05, 0) is 39.4 Å². The van der Waals surface area contributed by atoms with Crippen molar-refractivity contribution >= 4 is 5.78 Å². The molecule has 0 amide bonds. The summed E-state index contributed by atoms with van der Waals surface area (Å²) in [5.41, 5.74) is 0. The molecule has 1 aliphatic rings. The summed E-state index contributed by atoms with van der Waals surface area (Å²) in [6.07, 6.45) is 2.24. The highest BCUT2D eigenvalue weighted by atomic mass is 16.1. The van der Waals surface area contributed by atoms with Crippen LogP contribution in [0.5, 0.6) is 0 Å². The van der Waals surface area contributed by atoms with Crippen molar-refractivity contribution < 1.29 is 4.79 Å². The third-order valence-electron chi connectivity index (χ3n) is 3.62. The van der Waals surface area contributed by atoms with E-state index >= 15 is 0 Å². The molecule has 0 aromatic rings. The van der Waals surface area contributed by atoms with Gasteiger partial charge in [0.15, 0.2) is 0 Å². The molecule has 3 heteroatoms. The van der Waals surface area contributed by atoms with Crippen molar-refractivity contribution in [2.75, 3.05) is 33.7 Å². The first-order valence-electron chi connectivity index (χ1n) is 6.43. The van der Waals surface area contributed by atoms with Crippen molar-refractivity contribution in [3.8, 4) is 0 Å². The van der Waals surface area contributed by atoms with Crippen LogP contribution in [0.4, 0.5) is 0 Å². The minimum absolute atomic E-state index is 0.182. The van der Waals surface area contributed by atoms with Crippen LogP contribution >= 0.6 is 0 Å². The zero-order valence-corrected chi connectivity index (χ0v) is 11.1. The zero-order chi connectivity index (χ0) is 12.1. The molecule has 1 aliphatic heterocycles. The summed E-state index contributed by atoms with van der Waals surface area (Å²) in [7, 11) is 4.04. The quantitative estimate of drug-likeness (QED) is 0.769. The van der Waals surface area contributed by atoms with Crippen LogP contribution in [0.15, 0.2) is 0 Å². The molecule has 1 fully saturated rings. The maximum Gasteiger partial charge on any atom is 0.141 e. The van der Waals surface area contributed by atoms with Crippen LogP contribution in [0, 0.1) is 17.8 Å². The molecular weight excluding hydrogens is 200 g/mol. The van der Waals surface area contributed by atoms with E-state index in [-0.39, 0.29) is 11.8 Å². The molecule has 0 aliphatic carbocycles. The average molecular weight is 226 g/mol. The lowest BCUT2D eigenvalue weighted by Crippen LogP contribution is -2.42. The number of Topliss-reactive ketones (excluding diaryl/α,β-unsaturated/α-hetero) is 1. The number of hydrogen-bond donors (Lipinski definition) is 1. The summed E-state index contributed by atoms with van der Waals surface area (Å²) in [6, 6.07) is 0. The number of piperidine rings is 1. The molecular formula is C13H26N2O. The molecule has 0 aromatic heterocycles. The number of rotatable bonds is 5. The molecule has 0 radical (unpaired) electrons. The van der Waals surface area contributed by atoms with E-state index < -0.39 is 0 Å². The molecule has 1 saturated heterocycles. The number of nitrogens with zero attached hydrogens (tertiary/aromatic N) is 1. The smallest absolute Gasteiger partial charge is 0.141 e. The molecule has 16 heavy (non-hydrogen) atoms. The fourth-order valence-corrected chi connectivity index (χ4v) is 2.59. The van der Waals surface area contributed by atoms with Gasteiger partial charge in [0.1, 0.15) is 5.78 Å². The van der Waals surface area contributed by atoms with Crippen LogP contribution < -0.4 is 5.32 Å². The highest BCUT2D eigenvalue weighted by Crippen LogP contribution is 2.23. The first-order chi connectivity index (χ1) is 7.56. The Balaban J connectivity index is 2.58. The molecule has 3 nitrogen and oxygen atoms in total. The Morgan fingerprint density at radius 3 is 2.69 bits per heavy atom. The monoisotopic (exact) mass is 226 g/mol. The van der Waals surface area contributed by atoms with Gasteiger partial charge in [-0.1, -0.05) is 13.8 Å². The lowest BCUT2D eigenvalue weighted by molar-refractivity contribution is -0.129. The van der Waals surface area contributed by atoms with E-state index in [1.807, 2.05) is 7.05 Å². The van der Waals surface area contributed by atoms with Crippen LogP contribution in [-0.2, 0) is 4.79 Å². The lowest BCUT2D eigenvalue weighted by Gasteiger charge is -2.32. The number of hydrogen-bond acceptors (Lipinski definition) is 3. The van der Waals surface area contributed by atoms with Crippen molar-refractivity contribution in [3.63, 3.8) is 0 Å². The first kappa shape index (κ1) is 13.7. The minimum Gasteiger partial charge on any atom is -0.319 e. The molecule has 94 valence electrons. The number of ketones is 1. The van der Waals surface area contributed by atoms with Gasteiger partial charge in [0.05, 0.1) is 0 Å². The van der Waals surface area contributed by atoms with Crippen LogP contribution in [-0.4, -0.2) is 44.4 Å². The second-order valence-electron chi connectivity index (χ2n) is 5.41. The van der Waals surface area contributed by atoms with Crippen LogP contribution in [0.25, 0.3) is 0 Å². The van der Waals surface area contributed by atoms with Gasteiger partial charge < -0.3 is 10.2 Å². The Labute approximate surface area is 99.6 Å². The van der Waals surface area contributed by atoms with Crippen molar-refractivity contribution in [2.45, 2.75) is 26.7 Å². The fourth-order valence-electron chi connectivity index (χ4n) is 2.59. The van der Waals surface area contributed by atoms with E-state index in [9.17, 15) is 4.79 Å². The number of carbonyl (C=O) groups excluding carboxylic acids is 1. The average Bonchev–Trinajstić information content (AvgIpc) is 2.24. The second kappa shape index (κ2) is 6.36. The predicted octanol–water partition coefficient (Wildman–Crippen LogP) is 1.39. The second-order valence-corrected chi connectivity index (χ2v) is 5.41. The van der Waals surface area contributed by atoms with Gasteiger partial charge in [-0.2, -0.15) is 0 Å². The molecule has 1 rings (SSSR count). The molecule has 0 bridgehead atoms. The largest absolute Gasteiger partial charge is 0.319 e. The van der Waals surface area contributed by atoms with Gasteiger partial charge >= 0.3 is 0 Å². The maximum absolute atomic E-state index is 12.4. The summed E-state index contributed by atoms with van der Waals surface area (Å²) in [5, 5.41) is 3.15. The van der Waals surface area contributed by atoms with Gasteiger partial charge in [0.2, 0.25) is 0 Å². The van der Waals surface area contributed by atoms with E-state index in [0.29, 0.717) is 11.7 Å². The highest BCUT2D eigenvalue weighted by molar-refractivity contribution is 5.84. The topological polar surface area (TPSA) is 32.3 Å². The van der Waals surface area contributed by atoms with Crippen molar-refractivity contribution in [1.29, 1.82) is 0 Å². The molecule has 0 saturated carbocycles. The summed E-state index contributed by atoms with van der Waals surface area (Å²) in [4.78, 5) is 14.7. The molecule has 0 spiro atoms. The number of likely N-dealkylation sites (tertiary alicyclic amines) is 1. The molecule has 2 atom stereocenters. The van der Waals surface area contributed by atoms with Gasteiger partial charge in [0.25, 0.3) is 0 Å². The van der Waals surface area contributed by atoms with Gasteiger partial charge in [-0.3, -0.25) is 4.79 Å². The van der Waals surface area contributed by atoms with Gasteiger partial charge in [-0.15, -0.1) is 0 Å². The van der Waals surface area contributed by atoms with E-state index in [2.05, 4.69) is 31.1 Å². The predicted molar refractivity (Wildman–Crippen MR) is 67.5 cm³/mol. The van der Waals surface area contributed by atoms with E-state index in [1.54, 1.807) is 0 Å². The molecule has 0 aromatic carbocycles. The molecule has 2 unspecified atom stereocenters. The van der Waals surface area contributed by atoms with Crippen LogP contribution in [0.2, 0.25) is 0 Å². The van der Waals surface area contributed by atoms with Crippen LogP contribution in [0.1, 0.15) is 26.7 Å². The summed E-state index contributed by atoms with van der Waals surface area (Å²) in [6.45, 7) is 7.20. The highest BCUT2D eigenvalue weighted by Gasteiger charge is 2.30. The first-order valence-corrected chi connectivity index (χ1v) is 6.43. The Morgan fingerprint density at radius 1 is 1.50 bits per heavy atom. The third-order valence-corrected chi connectivity index (χ3v) is 3.62. The Kier molecular flexibility index (Phi) is 5.42. The van der Waals surface area contributed by atoms with Gasteiger partial charge in [-0.25, -0.2) is 0 Å². The Bertz CT molecular complexity index is 228. The SMILES string of the molecule is CNCC(C(=O)C1CCCN(C)C1)C(C)C. The maximum atomic E-state index is 12.4. The van der Waals surface area contributed by atoms with Crippen molar-refractivity contribution in [3.05, 3.63) is 0 Å². The summed E-state index contributed by atoms with van der Waals surface area (Å²) < 4.78 is 0. The normalized spacial score (nSPS) is 24.7. The standard InChI is InChI=1S/C13H26N2O/c1-10(2)12(8-14-3)13(16)11-6-5-7-15(4)9-11/h10-12,14H,5-9H2,1-4H3. The fraction of sp³-hybridized carbons (Fsp3) is 0.923. The Hall–Kier alpha value is -0.410. The molecule has 1 heterocycles. The van der Waals surface area contributed by atoms with Crippen molar-refractivity contribution in [2.24, 2.45) is 17.8 Å². The number of nitrogens with one attached hydrogen (secondary N) is 1. The van der Waals surface area contributed by atoms with Crippen LogP contribution in [0.3, 0.4) is 0 Å². The van der Waals surface area contributed by atoms with E-state index in [4.69, 9.17) is 0 Å². The summed E-state index contributed by atoms with van der Waals surface area (Å²) in [5.74, 6) is 1.35. The zero-order valence-electron chi connectivity index (χ0n) is 11.1. The summed E-state index contributed by atoms with van der Waals surface area (Å²) >= 11 is 0. The molecule has 1 N–H and O–H groups in total. The minimum atomic E-state index is 0.182. The van der Waals surface area contributed by atoms with Gasteiger partial charge in [0, 0.05) is 24.9 Å².